The van der Waals surface area contributed by atoms with Crippen LogP contribution >= 0.6 is 0 Å². The van der Waals surface area contributed by atoms with Crippen molar-refractivity contribution in [2.75, 3.05) is 14.1 Å². The molecular formula is C14H17NO2. The molecule has 1 aromatic rings. The van der Waals surface area contributed by atoms with E-state index in [4.69, 9.17) is 5.11 Å². The van der Waals surface area contributed by atoms with Crippen molar-refractivity contribution in [2.45, 2.75) is 19.4 Å². The number of carbonyl (C=O) groups is 1. The Kier molecular flexibility index (Phi) is 5.25. The molecule has 0 aliphatic heterocycles. The molecule has 0 bridgehead atoms. The summed E-state index contributed by atoms with van der Waals surface area (Å²) in [4.78, 5) is 12.9. The molecule has 3 heteroatoms. The van der Waals surface area contributed by atoms with Crippen molar-refractivity contribution in [1.29, 1.82) is 0 Å². The zero-order valence-corrected chi connectivity index (χ0v) is 10.2. The zero-order chi connectivity index (χ0) is 12.7. The van der Waals surface area contributed by atoms with Crippen molar-refractivity contribution in [3.63, 3.8) is 0 Å². The minimum absolute atomic E-state index is 0.0124. The average molecular weight is 231 g/mol. The highest BCUT2D eigenvalue weighted by atomic mass is 16.3. The molecule has 0 unspecified atom stereocenters. The van der Waals surface area contributed by atoms with E-state index in [0.717, 1.165) is 11.1 Å². The van der Waals surface area contributed by atoms with Crippen LogP contribution in [-0.4, -0.2) is 30.0 Å². The van der Waals surface area contributed by atoms with Crippen LogP contribution in [0.15, 0.2) is 24.3 Å². The van der Waals surface area contributed by atoms with E-state index in [1.807, 2.05) is 24.3 Å². The van der Waals surface area contributed by atoms with Crippen LogP contribution in [0.3, 0.4) is 0 Å². The molecular weight excluding hydrogens is 214 g/mol. The second-order valence-electron chi connectivity index (χ2n) is 3.91. The van der Waals surface area contributed by atoms with E-state index < -0.39 is 0 Å². The number of amides is 1. The Bertz CT molecular complexity index is 441. The van der Waals surface area contributed by atoms with E-state index in [9.17, 15) is 4.79 Å². The fourth-order valence-electron chi connectivity index (χ4n) is 1.33. The smallest absolute Gasteiger partial charge is 0.223 e. The lowest BCUT2D eigenvalue weighted by Crippen LogP contribution is -2.20. The first-order chi connectivity index (χ1) is 8.15. The molecule has 0 spiro atoms. The first-order valence-electron chi connectivity index (χ1n) is 5.53. The van der Waals surface area contributed by atoms with Crippen LogP contribution in [-0.2, 0) is 11.4 Å². The average Bonchev–Trinajstić information content (AvgIpc) is 2.34. The standard InChI is InChI=1S/C14H17NO2/c1-15(2)14(17)10-6-5-8-12-7-3-4-9-13(12)11-16/h3-4,7,9,16H,6,10-11H2,1-2H3. The topological polar surface area (TPSA) is 40.5 Å². The largest absolute Gasteiger partial charge is 0.392 e. The lowest BCUT2D eigenvalue weighted by Gasteiger charge is -2.07. The number of rotatable bonds is 3. The predicted molar refractivity (Wildman–Crippen MR) is 67.2 cm³/mol. The molecule has 1 amide bonds. The van der Waals surface area contributed by atoms with E-state index in [2.05, 4.69) is 11.8 Å². The zero-order valence-electron chi connectivity index (χ0n) is 10.2. The molecule has 1 rings (SSSR count). The highest BCUT2D eigenvalue weighted by molar-refractivity contribution is 5.75. The van der Waals surface area contributed by atoms with Gasteiger partial charge in [0.25, 0.3) is 0 Å². The molecule has 0 saturated heterocycles. The Morgan fingerprint density at radius 3 is 2.71 bits per heavy atom. The molecule has 0 fully saturated rings. The molecule has 17 heavy (non-hydrogen) atoms. The highest BCUT2D eigenvalue weighted by Gasteiger charge is 2.01. The summed E-state index contributed by atoms with van der Waals surface area (Å²) in [5, 5.41) is 9.11. The van der Waals surface area contributed by atoms with Gasteiger partial charge in [-0.1, -0.05) is 30.0 Å². The van der Waals surface area contributed by atoms with Gasteiger partial charge in [-0.3, -0.25) is 4.79 Å². The van der Waals surface area contributed by atoms with E-state index >= 15 is 0 Å². The molecule has 0 saturated carbocycles. The van der Waals surface area contributed by atoms with Gasteiger partial charge >= 0.3 is 0 Å². The Labute approximate surface area is 102 Å². The van der Waals surface area contributed by atoms with Crippen LogP contribution in [0.4, 0.5) is 0 Å². The maximum absolute atomic E-state index is 11.3. The SMILES string of the molecule is CN(C)C(=O)CCC#Cc1ccccc1CO. The number of hydrogen-bond donors (Lipinski definition) is 1. The second-order valence-corrected chi connectivity index (χ2v) is 3.91. The Morgan fingerprint density at radius 2 is 2.06 bits per heavy atom. The van der Waals surface area contributed by atoms with Gasteiger partial charge in [-0.2, -0.15) is 0 Å². The lowest BCUT2D eigenvalue weighted by molar-refractivity contribution is -0.128. The summed E-state index contributed by atoms with van der Waals surface area (Å²) in [6.07, 6.45) is 0.970. The molecule has 0 aliphatic rings. The summed E-state index contributed by atoms with van der Waals surface area (Å²) >= 11 is 0. The molecule has 1 aromatic carbocycles. The summed E-state index contributed by atoms with van der Waals surface area (Å²) in [5.74, 6) is 6.01. The minimum atomic E-state index is -0.0124. The van der Waals surface area contributed by atoms with Gasteiger partial charge in [-0.05, 0) is 11.6 Å². The van der Waals surface area contributed by atoms with Crippen molar-refractivity contribution in [3.05, 3.63) is 35.4 Å². The summed E-state index contributed by atoms with van der Waals surface area (Å²) in [6.45, 7) is -0.0124. The summed E-state index contributed by atoms with van der Waals surface area (Å²) in [6, 6.07) is 7.46. The van der Waals surface area contributed by atoms with E-state index in [-0.39, 0.29) is 12.5 Å². The van der Waals surface area contributed by atoms with Gasteiger partial charge < -0.3 is 10.0 Å². The van der Waals surface area contributed by atoms with Crippen molar-refractivity contribution >= 4 is 5.91 Å². The number of aliphatic hydroxyl groups excluding tert-OH is 1. The molecule has 0 aliphatic carbocycles. The number of carbonyl (C=O) groups excluding carboxylic acids is 1. The Morgan fingerprint density at radius 1 is 1.35 bits per heavy atom. The van der Waals surface area contributed by atoms with E-state index in [1.165, 1.54) is 0 Å². The van der Waals surface area contributed by atoms with Gasteiger partial charge in [0, 0.05) is 32.5 Å². The first kappa shape index (κ1) is 13.3. The number of hydrogen-bond acceptors (Lipinski definition) is 2. The van der Waals surface area contributed by atoms with Crippen LogP contribution in [0.25, 0.3) is 0 Å². The number of aliphatic hydroxyl groups is 1. The molecule has 0 atom stereocenters. The summed E-state index contributed by atoms with van der Waals surface area (Å²) in [7, 11) is 3.47. The van der Waals surface area contributed by atoms with Crippen molar-refractivity contribution < 1.29 is 9.90 Å². The first-order valence-corrected chi connectivity index (χ1v) is 5.53. The van der Waals surface area contributed by atoms with Crippen molar-refractivity contribution in [2.24, 2.45) is 0 Å². The normalized spacial score (nSPS) is 9.35. The fraction of sp³-hybridized carbons (Fsp3) is 0.357. The second kappa shape index (κ2) is 6.72. The molecule has 0 radical (unpaired) electrons. The van der Waals surface area contributed by atoms with Crippen LogP contribution in [0.5, 0.6) is 0 Å². The van der Waals surface area contributed by atoms with Gasteiger partial charge in [0.05, 0.1) is 6.61 Å². The van der Waals surface area contributed by atoms with E-state index in [1.54, 1.807) is 19.0 Å². The third kappa shape index (κ3) is 4.29. The van der Waals surface area contributed by atoms with Gasteiger partial charge in [0.2, 0.25) is 5.91 Å². The summed E-state index contributed by atoms with van der Waals surface area (Å²) < 4.78 is 0. The highest BCUT2D eigenvalue weighted by Crippen LogP contribution is 2.06. The van der Waals surface area contributed by atoms with Gasteiger partial charge in [-0.15, -0.1) is 0 Å². The minimum Gasteiger partial charge on any atom is -0.392 e. The monoisotopic (exact) mass is 231 g/mol. The van der Waals surface area contributed by atoms with E-state index in [0.29, 0.717) is 12.8 Å². The van der Waals surface area contributed by atoms with Crippen LogP contribution < -0.4 is 0 Å². The molecule has 0 aromatic heterocycles. The lowest BCUT2D eigenvalue weighted by atomic mass is 10.1. The Balaban J connectivity index is 2.57. The fourth-order valence-corrected chi connectivity index (χ4v) is 1.33. The van der Waals surface area contributed by atoms with Crippen LogP contribution in [0.2, 0.25) is 0 Å². The van der Waals surface area contributed by atoms with Gasteiger partial charge in [0.1, 0.15) is 0 Å². The van der Waals surface area contributed by atoms with Gasteiger partial charge in [-0.25, -0.2) is 0 Å². The summed E-state index contributed by atoms with van der Waals surface area (Å²) in [5.41, 5.74) is 1.64. The third-order valence-electron chi connectivity index (χ3n) is 2.37. The molecule has 1 N–H and O–H groups in total. The maximum Gasteiger partial charge on any atom is 0.223 e. The van der Waals surface area contributed by atoms with Crippen LogP contribution in [0, 0.1) is 11.8 Å². The number of nitrogens with zero attached hydrogens (tertiary/aromatic N) is 1. The third-order valence-corrected chi connectivity index (χ3v) is 2.37. The molecule has 0 heterocycles. The number of benzene rings is 1. The molecule has 90 valence electrons. The van der Waals surface area contributed by atoms with Crippen molar-refractivity contribution in [1.82, 2.24) is 4.90 Å². The van der Waals surface area contributed by atoms with Gasteiger partial charge in [0.15, 0.2) is 0 Å². The predicted octanol–water partition coefficient (Wildman–Crippen LogP) is 1.40. The van der Waals surface area contributed by atoms with Crippen molar-refractivity contribution in [3.8, 4) is 11.8 Å². The quantitative estimate of drug-likeness (QED) is 0.799. The Hall–Kier alpha value is -1.79. The maximum atomic E-state index is 11.3. The van der Waals surface area contributed by atoms with Crippen LogP contribution in [0.1, 0.15) is 24.0 Å². The molecule has 3 nitrogen and oxygen atoms in total.